The molecule has 0 radical (unpaired) electrons. The molecule has 0 atom stereocenters. The quantitative estimate of drug-likeness (QED) is 0.669. The summed E-state index contributed by atoms with van der Waals surface area (Å²) in [7, 11) is 0. The monoisotopic (exact) mass is 197 g/mol. The molecular weight excluding hydrogens is 184 g/mol. The molecule has 1 saturated heterocycles. The number of benzene rings is 1. The Morgan fingerprint density at radius 1 is 1.07 bits per heavy atom. The van der Waals surface area contributed by atoms with Crippen LogP contribution in [0.25, 0.3) is 0 Å². The second-order valence-electron chi connectivity index (χ2n) is 3.75. The minimum Gasteiger partial charge on any atom is -0.369 e. The third-order valence-corrected chi connectivity index (χ3v) is 2.67. The van der Waals surface area contributed by atoms with Crippen LogP contribution < -0.4 is 4.90 Å². The van der Waals surface area contributed by atoms with E-state index in [0.29, 0.717) is 11.3 Å². The molecule has 1 aromatic carbocycles. The lowest BCUT2D eigenvalue weighted by Gasteiger charge is -2.18. The van der Waals surface area contributed by atoms with Gasteiger partial charge in [-0.1, -0.05) is 0 Å². The molecule has 1 nitrogen and oxygen atoms in total. The highest BCUT2D eigenvalue weighted by Crippen LogP contribution is 2.25. The fourth-order valence-corrected chi connectivity index (χ4v) is 1.84. The highest BCUT2D eigenvalue weighted by Gasteiger charge is 2.17. The highest BCUT2D eigenvalue weighted by atomic mass is 19.1. The molecule has 76 valence electrons. The van der Waals surface area contributed by atoms with Crippen LogP contribution in [0.5, 0.6) is 0 Å². The highest BCUT2D eigenvalue weighted by molar-refractivity contribution is 5.50. The number of hydrogen-bond donors (Lipinski definition) is 0. The van der Waals surface area contributed by atoms with E-state index in [1.165, 1.54) is 12.1 Å². The maximum atomic E-state index is 13.5. The second-order valence-corrected chi connectivity index (χ2v) is 3.75. The lowest BCUT2D eigenvalue weighted by molar-refractivity contribution is 0.589. The molecule has 0 bridgehead atoms. The van der Waals surface area contributed by atoms with Crippen LogP contribution >= 0.6 is 0 Å². The maximum Gasteiger partial charge on any atom is 0.146 e. The van der Waals surface area contributed by atoms with Gasteiger partial charge in [0.05, 0.1) is 5.69 Å². The number of halogens is 2. The molecule has 0 aliphatic carbocycles. The Labute approximate surface area is 82.3 Å². The van der Waals surface area contributed by atoms with Crippen LogP contribution in [0.2, 0.25) is 0 Å². The topological polar surface area (TPSA) is 3.24 Å². The van der Waals surface area contributed by atoms with Gasteiger partial charge in [0.25, 0.3) is 0 Å². The van der Waals surface area contributed by atoms with Crippen molar-refractivity contribution in [1.82, 2.24) is 0 Å². The Balaban J connectivity index is 2.37. The van der Waals surface area contributed by atoms with E-state index in [2.05, 4.69) is 0 Å². The predicted molar refractivity (Wildman–Crippen MR) is 52.5 cm³/mol. The standard InChI is InChI=1S/C11H13F2N/c1-8-6-10(13)11(7-9(8)12)14-4-2-3-5-14/h6-7H,2-5H2,1H3. The lowest BCUT2D eigenvalue weighted by Crippen LogP contribution is -2.19. The molecule has 2 rings (SSSR count). The summed E-state index contributed by atoms with van der Waals surface area (Å²) in [5.74, 6) is -0.640. The summed E-state index contributed by atoms with van der Waals surface area (Å²) in [6, 6.07) is 2.57. The van der Waals surface area contributed by atoms with E-state index < -0.39 is 0 Å². The van der Waals surface area contributed by atoms with Crippen molar-refractivity contribution in [3.63, 3.8) is 0 Å². The van der Waals surface area contributed by atoms with Crippen molar-refractivity contribution in [3.8, 4) is 0 Å². The molecule has 3 heteroatoms. The van der Waals surface area contributed by atoms with Gasteiger partial charge in [-0.3, -0.25) is 0 Å². The van der Waals surface area contributed by atoms with Gasteiger partial charge in [0.1, 0.15) is 11.6 Å². The fourth-order valence-electron chi connectivity index (χ4n) is 1.84. The van der Waals surface area contributed by atoms with E-state index >= 15 is 0 Å². The van der Waals surface area contributed by atoms with Gasteiger partial charge in [-0.05, 0) is 31.4 Å². The van der Waals surface area contributed by atoms with E-state index in [1.54, 1.807) is 6.92 Å². The zero-order valence-corrected chi connectivity index (χ0v) is 8.19. The largest absolute Gasteiger partial charge is 0.369 e. The van der Waals surface area contributed by atoms with Gasteiger partial charge in [-0.25, -0.2) is 8.78 Å². The molecule has 0 unspecified atom stereocenters. The summed E-state index contributed by atoms with van der Waals surface area (Å²) < 4.78 is 26.7. The summed E-state index contributed by atoms with van der Waals surface area (Å²) in [5, 5.41) is 0. The van der Waals surface area contributed by atoms with Gasteiger partial charge in [-0.15, -0.1) is 0 Å². The first-order valence-electron chi connectivity index (χ1n) is 4.89. The van der Waals surface area contributed by atoms with Crippen LogP contribution in [0, 0.1) is 18.6 Å². The van der Waals surface area contributed by atoms with E-state index in [1.807, 2.05) is 4.90 Å². The number of nitrogens with zero attached hydrogens (tertiary/aromatic N) is 1. The summed E-state index contributed by atoms with van der Waals surface area (Å²) >= 11 is 0. The van der Waals surface area contributed by atoms with E-state index in [4.69, 9.17) is 0 Å². The van der Waals surface area contributed by atoms with Gasteiger partial charge in [0.2, 0.25) is 0 Å². The average molecular weight is 197 g/mol. The zero-order valence-electron chi connectivity index (χ0n) is 8.19. The Hall–Kier alpha value is -1.12. The molecule has 1 fully saturated rings. The van der Waals surface area contributed by atoms with Crippen molar-refractivity contribution >= 4 is 5.69 Å². The molecule has 0 N–H and O–H groups in total. The lowest BCUT2D eigenvalue weighted by atomic mass is 10.2. The summed E-state index contributed by atoms with van der Waals surface area (Å²) in [6.07, 6.45) is 2.13. The smallest absolute Gasteiger partial charge is 0.146 e. The molecular formula is C11H13F2N. The van der Waals surface area contributed by atoms with Crippen molar-refractivity contribution in [2.45, 2.75) is 19.8 Å². The van der Waals surface area contributed by atoms with Gasteiger partial charge in [-0.2, -0.15) is 0 Å². The fraction of sp³-hybridized carbons (Fsp3) is 0.455. The Kier molecular flexibility index (Phi) is 2.40. The average Bonchev–Trinajstić information content (AvgIpc) is 2.64. The molecule has 0 aromatic heterocycles. The molecule has 0 spiro atoms. The van der Waals surface area contributed by atoms with E-state index in [-0.39, 0.29) is 11.6 Å². The minimum absolute atomic E-state index is 0.314. The SMILES string of the molecule is Cc1cc(F)c(N2CCCC2)cc1F. The molecule has 1 aliphatic heterocycles. The van der Waals surface area contributed by atoms with Gasteiger partial charge >= 0.3 is 0 Å². The summed E-state index contributed by atoms with van der Waals surface area (Å²) in [4.78, 5) is 1.90. The third kappa shape index (κ3) is 1.59. The molecule has 14 heavy (non-hydrogen) atoms. The normalized spacial score (nSPS) is 16.4. The first-order valence-corrected chi connectivity index (χ1v) is 4.89. The Bertz CT molecular complexity index is 343. The first-order chi connectivity index (χ1) is 6.68. The second kappa shape index (κ2) is 3.56. The molecule has 1 aliphatic rings. The van der Waals surface area contributed by atoms with Crippen LogP contribution in [0.15, 0.2) is 12.1 Å². The van der Waals surface area contributed by atoms with Crippen LogP contribution in [0.4, 0.5) is 14.5 Å². The third-order valence-electron chi connectivity index (χ3n) is 2.67. The van der Waals surface area contributed by atoms with Crippen molar-refractivity contribution < 1.29 is 8.78 Å². The number of hydrogen-bond acceptors (Lipinski definition) is 1. The van der Waals surface area contributed by atoms with Crippen molar-refractivity contribution in [2.75, 3.05) is 18.0 Å². The predicted octanol–water partition coefficient (Wildman–Crippen LogP) is 2.87. The Morgan fingerprint density at radius 3 is 2.36 bits per heavy atom. The number of aryl methyl sites for hydroxylation is 1. The van der Waals surface area contributed by atoms with Crippen molar-refractivity contribution in [1.29, 1.82) is 0 Å². The molecule has 0 saturated carbocycles. The van der Waals surface area contributed by atoms with Crippen LogP contribution in [-0.4, -0.2) is 13.1 Å². The van der Waals surface area contributed by atoms with Crippen molar-refractivity contribution in [2.24, 2.45) is 0 Å². The number of anilines is 1. The molecule has 0 amide bonds. The maximum absolute atomic E-state index is 13.5. The summed E-state index contributed by atoms with van der Waals surface area (Å²) in [6.45, 7) is 3.24. The number of rotatable bonds is 1. The van der Waals surface area contributed by atoms with E-state index in [9.17, 15) is 8.78 Å². The van der Waals surface area contributed by atoms with Crippen molar-refractivity contribution in [3.05, 3.63) is 29.3 Å². The molecule has 1 aromatic rings. The molecule has 1 heterocycles. The first kappa shape index (κ1) is 9.44. The minimum atomic E-state index is -0.326. The van der Waals surface area contributed by atoms with E-state index in [0.717, 1.165) is 25.9 Å². The van der Waals surface area contributed by atoms with Crippen LogP contribution in [0.3, 0.4) is 0 Å². The zero-order chi connectivity index (χ0) is 10.1. The van der Waals surface area contributed by atoms with Crippen LogP contribution in [0.1, 0.15) is 18.4 Å². The van der Waals surface area contributed by atoms with Gasteiger partial charge < -0.3 is 4.90 Å². The van der Waals surface area contributed by atoms with Crippen LogP contribution in [-0.2, 0) is 0 Å². The van der Waals surface area contributed by atoms with Gasteiger partial charge in [0.15, 0.2) is 0 Å². The van der Waals surface area contributed by atoms with Gasteiger partial charge in [0, 0.05) is 19.2 Å². The Morgan fingerprint density at radius 2 is 1.71 bits per heavy atom. The summed E-state index contributed by atoms with van der Waals surface area (Å²) in [5.41, 5.74) is 0.774.